The first-order chi connectivity index (χ1) is 8.31. The molecule has 0 N–H and O–H groups in total. The summed E-state index contributed by atoms with van der Waals surface area (Å²) >= 11 is 0. The van der Waals surface area contributed by atoms with Crippen molar-refractivity contribution in [1.82, 2.24) is 5.01 Å². The van der Waals surface area contributed by atoms with E-state index in [2.05, 4.69) is 26.1 Å². The molecule has 1 aromatic carbocycles. The lowest BCUT2D eigenvalue weighted by Crippen LogP contribution is -2.23. The van der Waals surface area contributed by atoms with E-state index in [9.17, 15) is 9.70 Å². The van der Waals surface area contributed by atoms with Crippen LogP contribution in [0.5, 0.6) is 0 Å². The number of rotatable bonds is 3. The third kappa shape index (κ3) is 2.42. The average molecular weight is 248 g/mol. The summed E-state index contributed by atoms with van der Waals surface area (Å²) in [5, 5.41) is 3.74. The van der Waals surface area contributed by atoms with E-state index >= 15 is 0 Å². The molecule has 1 aromatic rings. The number of benzene rings is 1. The third-order valence-corrected chi connectivity index (χ3v) is 3.93. The normalized spacial score (nSPS) is 10.3. The van der Waals surface area contributed by atoms with Crippen molar-refractivity contribution in [2.24, 2.45) is 5.29 Å². The average Bonchev–Trinajstić information content (AvgIpc) is 2.34. The zero-order valence-electron chi connectivity index (χ0n) is 11.9. The van der Waals surface area contributed by atoms with Gasteiger partial charge in [-0.05, 0) is 68.0 Å². The molecule has 1 amide bonds. The highest BCUT2D eigenvalue weighted by Crippen LogP contribution is 2.27. The molecule has 4 heteroatoms. The van der Waals surface area contributed by atoms with E-state index in [1.165, 1.54) is 23.6 Å². The molecule has 0 spiro atoms. The summed E-state index contributed by atoms with van der Waals surface area (Å²) in [5.41, 5.74) is 6.97. The highest BCUT2D eigenvalue weighted by molar-refractivity contribution is 5.73. The van der Waals surface area contributed by atoms with Crippen molar-refractivity contribution < 1.29 is 4.79 Å². The Hall–Kier alpha value is -1.71. The van der Waals surface area contributed by atoms with Gasteiger partial charge in [-0.3, -0.25) is 4.79 Å². The fraction of sp³-hybridized carbons (Fsp3) is 0.500. The molecule has 0 atom stereocenters. The Morgan fingerprint density at radius 2 is 1.33 bits per heavy atom. The van der Waals surface area contributed by atoms with Crippen LogP contribution in [-0.4, -0.2) is 10.9 Å². The van der Waals surface area contributed by atoms with Gasteiger partial charge < -0.3 is 0 Å². The zero-order chi connectivity index (χ0) is 14.0. The van der Waals surface area contributed by atoms with Gasteiger partial charge in [0.05, 0.1) is 11.8 Å². The number of amides is 1. The molecule has 0 fully saturated rings. The van der Waals surface area contributed by atoms with Crippen molar-refractivity contribution in [2.45, 2.75) is 48.1 Å². The molecule has 0 aliphatic carbocycles. The van der Waals surface area contributed by atoms with E-state index < -0.39 is 0 Å². The Morgan fingerprint density at radius 1 is 0.944 bits per heavy atom. The van der Waals surface area contributed by atoms with Crippen LogP contribution >= 0.6 is 0 Å². The smallest absolute Gasteiger partial charge is 0.242 e. The lowest BCUT2D eigenvalue weighted by molar-refractivity contribution is -0.129. The van der Waals surface area contributed by atoms with Crippen LogP contribution in [-0.2, 0) is 11.3 Å². The first-order valence-electron chi connectivity index (χ1n) is 5.98. The predicted molar refractivity (Wildman–Crippen MR) is 72.1 cm³/mol. The number of nitrogens with zero attached hydrogens (tertiary/aromatic N) is 2. The van der Waals surface area contributed by atoms with E-state index in [4.69, 9.17) is 0 Å². The maximum absolute atomic E-state index is 11.3. The van der Waals surface area contributed by atoms with Gasteiger partial charge in [0, 0.05) is 6.92 Å². The molecular formula is C14H20N2O2. The Morgan fingerprint density at radius 3 is 1.67 bits per heavy atom. The van der Waals surface area contributed by atoms with Crippen molar-refractivity contribution in [3.8, 4) is 0 Å². The molecule has 1 rings (SSSR count). The van der Waals surface area contributed by atoms with Crippen LogP contribution < -0.4 is 0 Å². The number of carbonyl (C=O) groups is 1. The van der Waals surface area contributed by atoms with Crippen LogP contribution in [0.15, 0.2) is 5.29 Å². The van der Waals surface area contributed by atoms with Crippen molar-refractivity contribution >= 4 is 5.91 Å². The lowest BCUT2D eigenvalue weighted by Gasteiger charge is -2.20. The molecule has 4 nitrogen and oxygen atoms in total. The summed E-state index contributed by atoms with van der Waals surface area (Å²) in [6.45, 7) is 11.9. The molecule has 0 bridgehead atoms. The van der Waals surface area contributed by atoms with E-state index in [0.717, 1.165) is 21.7 Å². The van der Waals surface area contributed by atoms with Crippen LogP contribution in [0.2, 0.25) is 0 Å². The Labute approximate surface area is 108 Å². The molecule has 0 saturated heterocycles. The van der Waals surface area contributed by atoms with Crippen LogP contribution in [0.3, 0.4) is 0 Å². The molecule has 0 saturated carbocycles. The van der Waals surface area contributed by atoms with Gasteiger partial charge in [-0.25, -0.2) is 0 Å². The monoisotopic (exact) mass is 248 g/mol. The first-order valence-corrected chi connectivity index (χ1v) is 5.98. The zero-order valence-corrected chi connectivity index (χ0v) is 11.9. The second-order valence-corrected chi connectivity index (χ2v) is 4.76. The fourth-order valence-electron chi connectivity index (χ4n) is 2.16. The second kappa shape index (κ2) is 5.29. The molecule has 98 valence electrons. The van der Waals surface area contributed by atoms with Gasteiger partial charge in [-0.1, -0.05) is 0 Å². The molecule has 0 heterocycles. The molecule has 0 aliphatic rings. The van der Waals surface area contributed by atoms with Crippen LogP contribution in [0.4, 0.5) is 0 Å². The molecule has 18 heavy (non-hydrogen) atoms. The van der Waals surface area contributed by atoms with Gasteiger partial charge in [-0.15, -0.1) is 4.91 Å². The Bertz CT molecular complexity index is 478. The van der Waals surface area contributed by atoms with Gasteiger partial charge in [0.1, 0.15) is 0 Å². The van der Waals surface area contributed by atoms with Gasteiger partial charge >= 0.3 is 0 Å². The Balaban J connectivity index is 3.33. The van der Waals surface area contributed by atoms with Crippen molar-refractivity contribution in [3.63, 3.8) is 0 Å². The highest BCUT2D eigenvalue weighted by Gasteiger charge is 2.17. The van der Waals surface area contributed by atoms with Crippen LogP contribution in [0.25, 0.3) is 0 Å². The van der Waals surface area contributed by atoms with Crippen molar-refractivity contribution in [2.75, 3.05) is 0 Å². The van der Waals surface area contributed by atoms with Gasteiger partial charge in [-0.2, -0.15) is 5.01 Å². The number of hydrogen-bond donors (Lipinski definition) is 0. The number of nitroso groups, excluding NO2 is 1. The minimum Gasteiger partial charge on any atom is -0.273 e. The van der Waals surface area contributed by atoms with E-state index in [0.29, 0.717) is 0 Å². The van der Waals surface area contributed by atoms with E-state index in [1.54, 1.807) is 0 Å². The van der Waals surface area contributed by atoms with E-state index in [1.807, 2.05) is 13.8 Å². The first kappa shape index (κ1) is 14.4. The van der Waals surface area contributed by atoms with Crippen molar-refractivity contribution in [3.05, 3.63) is 38.3 Å². The maximum Gasteiger partial charge on any atom is 0.242 e. The van der Waals surface area contributed by atoms with Crippen LogP contribution in [0.1, 0.15) is 40.3 Å². The molecule has 0 aromatic heterocycles. The summed E-state index contributed by atoms with van der Waals surface area (Å²) in [6.07, 6.45) is 0. The summed E-state index contributed by atoms with van der Waals surface area (Å²) in [7, 11) is 0. The number of carbonyl (C=O) groups excluding carboxylic acids is 1. The predicted octanol–water partition coefficient (Wildman–Crippen LogP) is 3.26. The number of hydrogen-bond acceptors (Lipinski definition) is 3. The largest absolute Gasteiger partial charge is 0.273 e. The second-order valence-electron chi connectivity index (χ2n) is 4.76. The van der Waals surface area contributed by atoms with Gasteiger partial charge in [0.2, 0.25) is 5.91 Å². The maximum atomic E-state index is 11.3. The quantitative estimate of drug-likeness (QED) is 0.609. The summed E-state index contributed by atoms with van der Waals surface area (Å²) in [5.74, 6) is -0.334. The summed E-state index contributed by atoms with van der Waals surface area (Å²) in [6, 6.07) is 0. The van der Waals surface area contributed by atoms with Crippen molar-refractivity contribution in [1.29, 1.82) is 0 Å². The molecule has 0 unspecified atom stereocenters. The molecule has 0 aliphatic heterocycles. The topological polar surface area (TPSA) is 49.7 Å². The Kier molecular flexibility index (Phi) is 4.22. The lowest BCUT2D eigenvalue weighted by atomic mass is 9.89. The van der Waals surface area contributed by atoms with Crippen LogP contribution in [0, 0.1) is 39.5 Å². The van der Waals surface area contributed by atoms with Gasteiger partial charge in [0.15, 0.2) is 0 Å². The standard InChI is InChI=1S/C14H20N2O2/c1-8-9(2)11(4)14(12(5)10(8)3)7-16(15-18)13(6)17/h7H2,1-6H3. The van der Waals surface area contributed by atoms with E-state index in [-0.39, 0.29) is 12.5 Å². The van der Waals surface area contributed by atoms with Gasteiger partial charge in [0.25, 0.3) is 0 Å². The highest BCUT2D eigenvalue weighted by atomic mass is 16.3. The minimum absolute atomic E-state index is 0.248. The summed E-state index contributed by atoms with van der Waals surface area (Å²) < 4.78 is 0. The minimum atomic E-state index is -0.334. The molecule has 0 radical (unpaired) electrons. The third-order valence-electron chi connectivity index (χ3n) is 3.93. The SMILES string of the molecule is CC(=O)N(Cc1c(C)c(C)c(C)c(C)c1C)N=O. The summed E-state index contributed by atoms with van der Waals surface area (Å²) in [4.78, 5) is 21.9. The molecular weight excluding hydrogens is 228 g/mol. The fourth-order valence-corrected chi connectivity index (χ4v) is 2.16.